The van der Waals surface area contributed by atoms with E-state index in [0.29, 0.717) is 12.8 Å². The molecule has 0 fully saturated rings. The first-order valence-corrected chi connectivity index (χ1v) is 3.06. The molecule has 0 saturated carbocycles. The number of amidine groups is 1. The van der Waals surface area contributed by atoms with Crippen molar-refractivity contribution >= 4 is 5.84 Å². The lowest BCUT2D eigenvalue weighted by Crippen LogP contribution is -2.20. The molecular formula is C8H19N3O. The van der Waals surface area contributed by atoms with Crippen molar-refractivity contribution < 1.29 is 5.21 Å². The molecule has 72 valence electrons. The van der Waals surface area contributed by atoms with Crippen molar-refractivity contribution in [2.75, 3.05) is 0 Å². The van der Waals surface area contributed by atoms with Crippen molar-refractivity contribution in [1.29, 1.82) is 5.26 Å². The summed E-state index contributed by atoms with van der Waals surface area (Å²) in [6.07, 6.45) is 1.09. The van der Waals surface area contributed by atoms with Gasteiger partial charge in [-0.2, -0.15) is 5.26 Å². The topological polar surface area (TPSA) is 82.4 Å². The smallest absolute Gasteiger partial charge is 0.142 e. The Morgan fingerprint density at radius 3 is 2.50 bits per heavy atom. The van der Waals surface area contributed by atoms with E-state index in [0.717, 1.165) is 0 Å². The summed E-state index contributed by atoms with van der Waals surface area (Å²) in [5.41, 5.74) is 5.25. The average Bonchev–Trinajstić information content (AvgIpc) is 1.98. The Morgan fingerprint density at radius 1 is 1.67 bits per heavy atom. The van der Waals surface area contributed by atoms with Crippen LogP contribution in [0, 0.1) is 17.2 Å². The summed E-state index contributed by atoms with van der Waals surface area (Å²) < 4.78 is 0. The molecule has 1 atom stereocenters. The first-order chi connectivity index (χ1) is 4.72. The van der Waals surface area contributed by atoms with Gasteiger partial charge in [-0.25, -0.2) is 0 Å². The molecule has 3 N–H and O–H groups in total. The maximum atomic E-state index is 8.18. The van der Waals surface area contributed by atoms with Crippen LogP contribution in [0.1, 0.15) is 34.6 Å². The quantitative estimate of drug-likeness (QED) is 0.296. The molecule has 0 rings (SSSR count). The number of nitriles is 1. The third-order valence-corrected chi connectivity index (χ3v) is 1.31. The summed E-state index contributed by atoms with van der Waals surface area (Å²) in [5.74, 6) is 0.180. The number of oxime groups is 1. The number of hydrogen-bond acceptors (Lipinski definition) is 3. The molecular weight excluding hydrogens is 154 g/mol. The Balaban J connectivity index is -0.000000405. The average molecular weight is 173 g/mol. The zero-order chi connectivity index (χ0) is 7.98. The van der Waals surface area contributed by atoms with Crippen LogP contribution in [0.5, 0.6) is 0 Å². The van der Waals surface area contributed by atoms with Crippen molar-refractivity contribution in [3.8, 4) is 6.07 Å². The van der Waals surface area contributed by atoms with Gasteiger partial charge in [-0.3, -0.25) is 0 Å². The highest BCUT2D eigenvalue weighted by Gasteiger charge is 2.05. The molecule has 0 bridgehead atoms. The van der Waals surface area contributed by atoms with Crippen molar-refractivity contribution in [2.45, 2.75) is 34.6 Å². The largest absolute Gasteiger partial charge is 0.409 e. The maximum absolute atomic E-state index is 8.18. The van der Waals surface area contributed by atoms with Gasteiger partial charge in [-0.15, -0.1) is 0 Å². The van der Waals surface area contributed by atoms with Crippen LogP contribution >= 0.6 is 0 Å². The van der Waals surface area contributed by atoms with E-state index in [1.807, 2.05) is 13.0 Å². The molecule has 4 heteroatoms. The molecule has 0 aromatic rings. The van der Waals surface area contributed by atoms with Crippen LogP contribution in [0.25, 0.3) is 0 Å². The third kappa shape index (κ3) is 6.87. The molecule has 0 spiro atoms. The summed E-state index contributed by atoms with van der Waals surface area (Å²) in [6, 6.07) is 1.99. The molecule has 4 nitrogen and oxygen atoms in total. The minimum Gasteiger partial charge on any atom is -0.409 e. The molecule has 1 unspecified atom stereocenters. The molecule has 0 aliphatic heterocycles. The number of hydrogen-bond donors (Lipinski definition) is 2. The Labute approximate surface area is 74.7 Å². The molecule has 0 saturated heterocycles. The first-order valence-electron chi connectivity index (χ1n) is 3.06. The van der Waals surface area contributed by atoms with E-state index < -0.39 is 0 Å². The van der Waals surface area contributed by atoms with Crippen molar-refractivity contribution in [2.24, 2.45) is 16.8 Å². The number of rotatable bonds is 3. The maximum Gasteiger partial charge on any atom is 0.142 e. The molecule has 0 aromatic carbocycles. The zero-order valence-electron chi connectivity index (χ0n) is 5.91. The minimum atomic E-state index is -0.00958. The summed E-state index contributed by atoms with van der Waals surface area (Å²) in [7, 11) is 0. The van der Waals surface area contributed by atoms with E-state index in [1.165, 1.54) is 0 Å². The molecule has 12 heavy (non-hydrogen) atoms. The molecule has 0 aliphatic rings. The van der Waals surface area contributed by atoms with Crippen LogP contribution in [0.15, 0.2) is 5.16 Å². The van der Waals surface area contributed by atoms with Crippen LogP contribution in [0.4, 0.5) is 0 Å². The Kier molecular flexibility index (Phi) is 13.8. The fourth-order valence-electron chi connectivity index (χ4n) is 0.527. The van der Waals surface area contributed by atoms with Crippen molar-refractivity contribution in [3.05, 3.63) is 0 Å². The van der Waals surface area contributed by atoms with Crippen LogP contribution in [-0.2, 0) is 0 Å². The predicted octanol–water partition coefficient (Wildman–Crippen LogP) is 1.94. The highest BCUT2D eigenvalue weighted by atomic mass is 16.4. The van der Waals surface area contributed by atoms with Crippen LogP contribution in [0.3, 0.4) is 0 Å². The normalized spacial score (nSPS) is 11.8. The lowest BCUT2D eigenvalue weighted by atomic mass is 10.1. The lowest BCUT2D eigenvalue weighted by molar-refractivity contribution is 0.314. The SMILES string of the molecule is C.C.CC(CCC#N)/C(N)=N/O. The van der Waals surface area contributed by atoms with Gasteiger partial charge in [-0.05, 0) is 6.42 Å². The van der Waals surface area contributed by atoms with E-state index in [2.05, 4.69) is 5.16 Å². The van der Waals surface area contributed by atoms with Crippen LogP contribution in [0.2, 0.25) is 0 Å². The second-order valence-corrected chi connectivity index (χ2v) is 2.12. The monoisotopic (exact) mass is 173 g/mol. The van der Waals surface area contributed by atoms with E-state index >= 15 is 0 Å². The van der Waals surface area contributed by atoms with Gasteiger partial charge in [0.15, 0.2) is 0 Å². The predicted molar refractivity (Wildman–Crippen MR) is 50.9 cm³/mol. The van der Waals surface area contributed by atoms with E-state index in [9.17, 15) is 0 Å². The van der Waals surface area contributed by atoms with Gasteiger partial charge in [0.1, 0.15) is 5.84 Å². The Hall–Kier alpha value is -1.24. The molecule has 0 aliphatic carbocycles. The van der Waals surface area contributed by atoms with Gasteiger partial charge in [0.25, 0.3) is 0 Å². The van der Waals surface area contributed by atoms with E-state index in [4.69, 9.17) is 16.2 Å². The summed E-state index contributed by atoms with van der Waals surface area (Å²) in [5, 5.41) is 19.2. The summed E-state index contributed by atoms with van der Waals surface area (Å²) in [6.45, 7) is 1.81. The highest BCUT2D eigenvalue weighted by molar-refractivity contribution is 5.81. The first kappa shape index (κ1) is 17.0. The second-order valence-electron chi connectivity index (χ2n) is 2.12. The number of nitrogens with zero attached hydrogens (tertiary/aromatic N) is 2. The second kappa shape index (κ2) is 9.76. The van der Waals surface area contributed by atoms with Gasteiger partial charge in [0.2, 0.25) is 0 Å². The summed E-state index contributed by atoms with van der Waals surface area (Å²) >= 11 is 0. The fraction of sp³-hybridized carbons (Fsp3) is 0.750. The minimum absolute atomic E-state index is 0. The van der Waals surface area contributed by atoms with Crippen LogP contribution in [-0.4, -0.2) is 11.0 Å². The van der Waals surface area contributed by atoms with Crippen molar-refractivity contribution in [3.63, 3.8) is 0 Å². The zero-order valence-corrected chi connectivity index (χ0v) is 5.91. The van der Waals surface area contributed by atoms with E-state index in [1.54, 1.807) is 0 Å². The van der Waals surface area contributed by atoms with Gasteiger partial charge < -0.3 is 10.9 Å². The van der Waals surface area contributed by atoms with Gasteiger partial charge in [-0.1, -0.05) is 26.9 Å². The third-order valence-electron chi connectivity index (χ3n) is 1.31. The molecule has 0 aromatic heterocycles. The standard InChI is InChI=1S/C6H11N3O.2CH4/c1-5(3-2-4-7)6(8)9-10;;/h5,10H,2-3H2,1H3,(H2,8,9);2*1H4. The molecule has 0 amide bonds. The van der Waals surface area contributed by atoms with Crippen LogP contribution < -0.4 is 5.73 Å². The van der Waals surface area contributed by atoms with Gasteiger partial charge >= 0.3 is 0 Å². The van der Waals surface area contributed by atoms with Gasteiger partial charge in [0, 0.05) is 12.3 Å². The summed E-state index contributed by atoms with van der Waals surface area (Å²) in [4.78, 5) is 0. The Morgan fingerprint density at radius 2 is 2.17 bits per heavy atom. The fourth-order valence-corrected chi connectivity index (χ4v) is 0.527. The van der Waals surface area contributed by atoms with E-state index in [-0.39, 0.29) is 26.6 Å². The number of nitrogens with two attached hydrogens (primary N) is 1. The Bertz CT molecular complexity index is 160. The van der Waals surface area contributed by atoms with Gasteiger partial charge in [0.05, 0.1) is 6.07 Å². The lowest BCUT2D eigenvalue weighted by Gasteiger charge is -2.04. The molecule has 0 heterocycles. The molecule has 0 radical (unpaired) electrons. The van der Waals surface area contributed by atoms with Crippen molar-refractivity contribution in [1.82, 2.24) is 0 Å². The highest BCUT2D eigenvalue weighted by Crippen LogP contribution is 2.03.